The molecule has 1 unspecified atom stereocenters. The van der Waals surface area contributed by atoms with E-state index in [2.05, 4.69) is 0 Å². The third-order valence-corrected chi connectivity index (χ3v) is 6.21. The van der Waals surface area contributed by atoms with Crippen LogP contribution in [-0.2, 0) is 19.6 Å². The SMILES string of the molecule is O=S(=O)(O)C1=CC=C(OC2CCCCC2)CC1OC1CCCCC1. The maximum Gasteiger partial charge on any atom is 0.293 e. The first kappa shape index (κ1) is 18.0. The molecule has 1 atom stereocenters. The van der Waals surface area contributed by atoms with Crippen molar-refractivity contribution in [2.75, 3.05) is 0 Å². The summed E-state index contributed by atoms with van der Waals surface area (Å²) in [5, 5.41) is 0. The van der Waals surface area contributed by atoms with Crippen LogP contribution in [0.5, 0.6) is 0 Å². The van der Waals surface area contributed by atoms with Gasteiger partial charge in [0.1, 0.15) is 11.0 Å². The predicted molar refractivity (Wildman–Crippen MR) is 92.0 cm³/mol. The molecule has 136 valence electrons. The second-order valence-electron chi connectivity index (χ2n) is 7.14. The van der Waals surface area contributed by atoms with E-state index in [0.29, 0.717) is 6.42 Å². The second kappa shape index (κ2) is 8.02. The predicted octanol–water partition coefficient (Wildman–Crippen LogP) is 4.11. The van der Waals surface area contributed by atoms with E-state index in [1.54, 1.807) is 6.08 Å². The Hall–Kier alpha value is -0.850. The van der Waals surface area contributed by atoms with Crippen molar-refractivity contribution in [3.63, 3.8) is 0 Å². The molecule has 0 radical (unpaired) electrons. The summed E-state index contributed by atoms with van der Waals surface area (Å²) >= 11 is 0. The van der Waals surface area contributed by atoms with Gasteiger partial charge in [-0.25, -0.2) is 0 Å². The van der Waals surface area contributed by atoms with Gasteiger partial charge in [-0.15, -0.1) is 0 Å². The van der Waals surface area contributed by atoms with Gasteiger partial charge in [-0.05, 0) is 50.7 Å². The molecule has 0 spiro atoms. The average molecular weight is 356 g/mol. The second-order valence-corrected chi connectivity index (χ2v) is 8.57. The van der Waals surface area contributed by atoms with Crippen LogP contribution < -0.4 is 0 Å². The van der Waals surface area contributed by atoms with E-state index in [4.69, 9.17) is 9.47 Å². The quantitative estimate of drug-likeness (QED) is 0.750. The summed E-state index contributed by atoms with van der Waals surface area (Å²) < 4.78 is 45.0. The number of rotatable bonds is 5. The molecule has 2 fully saturated rings. The molecule has 0 heterocycles. The molecule has 5 nitrogen and oxygen atoms in total. The van der Waals surface area contributed by atoms with Gasteiger partial charge >= 0.3 is 0 Å². The zero-order chi connectivity index (χ0) is 17.0. The standard InChI is InChI=1S/C18H28O5S/c19-24(20,21)18-12-11-16(22-14-7-3-1-4-8-14)13-17(18)23-15-9-5-2-6-10-15/h11-12,14-15,17H,1-10,13H2,(H,19,20,21). The minimum Gasteiger partial charge on any atom is -0.495 e. The third kappa shape index (κ3) is 4.83. The first-order chi connectivity index (χ1) is 11.5. The molecule has 0 aromatic carbocycles. The number of ether oxygens (including phenoxy) is 2. The number of hydrogen-bond acceptors (Lipinski definition) is 4. The zero-order valence-corrected chi connectivity index (χ0v) is 15.0. The highest BCUT2D eigenvalue weighted by molar-refractivity contribution is 7.89. The molecular formula is C18H28O5S. The van der Waals surface area contributed by atoms with E-state index in [-0.39, 0.29) is 17.1 Å². The fourth-order valence-corrected chi connectivity index (χ4v) is 4.63. The minimum atomic E-state index is -4.25. The maximum absolute atomic E-state index is 11.7. The molecule has 0 aliphatic heterocycles. The number of hydrogen-bond donors (Lipinski definition) is 1. The molecule has 0 saturated heterocycles. The lowest BCUT2D eigenvalue weighted by Crippen LogP contribution is -2.31. The Morgan fingerprint density at radius 2 is 1.46 bits per heavy atom. The van der Waals surface area contributed by atoms with Crippen molar-refractivity contribution in [3.05, 3.63) is 22.8 Å². The highest BCUT2D eigenvalue weighted by Crippen LogP contribution is 2.32. The molecule has 2 saturated carbocycles. The molecule has 3 rings (SSSR count). The molecule has 24 heavy (non-hydrogen) atoms. The summed E-state index contributed by atoms with van der Waals surface area (Å²) in [5.74, 6) is 0.773. The molecule has 0 amide bonds. The lowest BCUT2D eigenvalue weighted by atomic mass is 9.97. The van der Waals surface area contributed by atoms with Crippen LogP contribution in [0.25, 0.3) is 0 Å². The highest BCUT2D eigenvalue weighted by Gasteiger charge is 2.32. The van der Waals surface area contributed by atoms with Crippen molar-refractivity contribution in [1.82, 2.24) is 0 Å². The largest absolute Gasteiger partial charge is 0.495 e. The van der Waals surface area contributed by atoms with Gasteiger partial charge in [0.05, 0.1) is 18.0 Å². The Kier molecular flexibility index (Phi) is 6.00. The summed E-state index contributed by atoms with van der Waals surface area (Å²) in [7, 11) is -4.25. The third-order valence-electron chi connectivity index (χ3n) is 5.21. The highest BCUT2D eigenvalue weighted by atomic mass is 32.2. The Morgan fingerprint density at radius 3 is 2.04 bits per heavy atom. The first-order valence-corrected chi connectivity index (χ1v) is 10.7. The molecule has 0 aromatic rings. The Labute approximate surface area is 144 Å². The van der Waals surface area contributed by atoms with E-state index < -0.39 is 16.2 Å². The van der Waals surface area contributed by atoms with Gasteiger partial charge in [0.15, 0.2) is 0 Å². The van der Waals surface area contributed by atoms with Crippen molar-refractivity contribution >= 4 is 10.1 Å². The maximum atomic E-state index is 11.7. The normalized spacial score (nSPS) is 27.5. The van der Waals surface area contributed by atoms with Gasteiger partial charge in [-0.2, -0.15) is 8.42 Å². The van der Waals surface area contributed by atoms with Gasteiger partial charge in [0.2, 0.25) is 0 Å². The summed E-state index contributed by atoms with van der Waals surface area (Å²) in [6.07, 6.45) is 14.3. The number of allylic oxidation sites excluding steroid dienone is 2. The fourth-order valence-electron chi connectivity index (χ4n) is 3.92. The Bertz CT molecular complexity index is 581. The monoisotopic (exact) mass is 356 g/mol. The summed E-state index contributed by atoms with van der Waals surface area (Å²) in [5.41, 5.74) is 0. The average Bonchev–Trinajstić information content (AvgIpc) is 2.56. The van der Waals surface area contributed by atoms with Crippen LogP contribution in [-0.4, -0.2) is 31.3 Å². The molecule has 0 aromatic heterocycles. The van der Waals surface area contributed by atoms with E-state index in [9.17, 15) is 13.0 Å². The van der Waals surface area contributed by atoms with Crippen LogP contribution in [0.2, 0.25) is 0 Å². The van der Waals surface area contributed by atoms with Crippen molar-refractivity contribution in [2.45, 2.75) is 88.9 Å². The van der Waals surface area contributed by atoms with Crippen LogP contribution in [0, 0.1) is 0 Å². The van der Waals surface area contributed by atoms with Gasteiger partial charge in [-0.3, -0.25) is 4.55 Å². The van der Waals surface area contributed by atoms with Crippen LogP contribution >= 0.6 is 0 Å². The smallest absolute Gasteiger partial charge is 0.293 e. The first-order valence-electron chi connectivity index (χ1n) is 9.23. The van der Waals surface area contributed by atoms with Crippen LogP contribution in [0.15, 0.2) is 22.8 Å². The minimum absolute atomic E-state index is 0.0379. The Balaban J connectivity index is 1.68. The van der Waals surface area contributed by atoms with Crippen molar-refractivity contribution in [1.29, 1.82) is 0 Å². The van der Waals surface area contributed by atoms with E-state index in [1.165, 1.54) is 31.8 Å². The summed E-state index contributed by atoms with van der Waals surface area (Å²) in [4.78, 5) is -0.0379. The van der Waals surface area contributed by atoms with Gasteiger partial charge in [0.25, 0.3) is 10.1 Å². The molecule has 1 N–H and O–H groups in total. The van der Waals surface area contributed by atoms with Crippen molar-refractivity contribution in [3.8, 4) is 0 Å². The van der Waals surface area contributed by atoms with Gasteiger partial charge in [0, 0.05) is 6.42 Å². The molecule has 3 aliphatic carbocycles. The Morgan fingerprint density at radius 1 is 0.875 bits per heavy atom. The molecular weight excluding hydrogens is 328 g/mol. The van der Waals surface area contributed by atoms with Crippen LogP contribution in [0.3, 0.4) is 0 Å². The fraction of sp³-hybridized carbons (Fsp3) is 0.778. The lowest BCUT2D eigenvalue weighted by Gasteiger charge is -2.32. The lowest BCUT2D eigenvalue weighted by molar-refractivity contribution is -0.0215. The van der Waals surface area contributed by atoms with Crippen molar-refractivity contribution < 1.29 is 22.4 Å². The summed E-state index contributed by atoms with van der Waals surface area (Å²) in [6, 6.07) is 0. The van der Waals surface area contributed by atoms with Crippen molar-refractivity contribution in [2.24, 2.45) is 0 Å². The van der Waals surface area contributed by atoms with E-state index in [1.807, 2.05) is 0 Å². The molecule has 0 bridgehead atoms. The summed E-state index contributed by atoms with van der Waals surface area (Å²) in [6.45, 7) is 0. The van der Waals surface area contributed by atoms with Crippen LogP contribution in [0.1, 0.15) is 70.6 Å². The molecule has 6 heteroatoms. The van der Waals surface area contributed by atoms with Crippen LogP contribution in [0.4, 0.5) is 0 Å². The zero-order valence-electron chi connectivity index (χ0n) is 14.2. The molecule has 3 aliphatic rings. The van der Waals surface area contributed by atoms with Gasteiger partial charge < -0.3 is 9.47 Å². The van der Waals surface area contributed by atoms with E-state index in [0.717, 1.165) is 44.3 Å². The topological polar surface area (TPSA) is 72.8 Å². The van der Waals surface area contributed by atoms with E-state index >= 15 is 0 Å². The van der Waals surface area contributed by atoms with Gasteiger partial charge in [-0.1, -0.05) is 25.7 Å².